The van der Waals surface area contributed by atoms with Crippen LogP contribution < -0.4 is 15.6 Å². The SMILES string of the molecule is CCCOc1ccc(-c2csc(NC(=O)CCc3c(C)[nH]c(=O)c(C#N)c3C)n2)cc1. The van der Waals surface area contributed by atoms with Crippen molar-refractivity contribution in [1.29, 1.82) is 5.26 Å². The third-order valence-corrected chi connectivity index (χ3v) is 5.65. The Labute approximate surface area is 184 Å². The average molecular weight is 437 g/mol. The van der Waals surface area contributed by atoms with E-state index in [2.05, 4.69) is 22.2 Å². The first-order valence-electron chi connectivity index (χ1n) is 10.0. The number of nitriles is 1. The van der Waals surface area contributed by atoms with Crippen LogP contribution >= 0.6 is 11.3 Å². The second-order valence-corrected chi connectivity index (χ2v) is 7.99. The number of anilines is 1. The van der Waals surface area contributed by atoms with Crippen molar-refractivity contribution in [2.24, 2.45) is 0 Å². The largest absolute Gasteiger partial charge is 0.494 e. The molecule has 0 aliphatic carbocycles. The number of nitrogens with one attached hydrogen (secondary N) is 2. The van der Waals surface area contributed by atoms with Gasteiger partial charge in [0, 0.05) is 23.1 Å². The van der Waals surface area contributed by atoms with Crippen molar-refractivity contribution in [3.8, 4) is 23.1 Å². The van der Waals surface area contributed by atoms with Crippen LogP contribution in [0.1, 0.15) is 42.1 Å². The van der Waals surface area contributed by atoms with Crippen molar-refractivity contribution in [1.82, 2.24) is 9.97 Å². The molecule has 2 aromatic heterocycles. The summed E-state index contributed by atoms with van der Waals surface area (Å²) in [6, 6.07) is 9.64. The lowest BCUT2D eigenvalue weighted by Gasteiger charge is -2.10. The summed E-state index contributed by atoms with van der Waals surface area (Å²) >= 11 is 1.36. The molecule has 0 atom stereocenters. The molecule has 1 amide bonds. The van der Waals surface area contributed by atoms with Crippen molar-refractivity contribution >= 4 is 22.4 Å². The van der Waals surface area contributed by atoms with E-state index in [0.717, 1.165) is 29.0 Å². The molecule has 2 N–H and O–H groups in total. The standard InChI is InChI=1S/C23H24N4O3S/c1-4-11-30-17-7-5-16(6-8-17)20-13-31-23(26-20)27-21(28)10-9-18-14(2)19(12-24)22(29)25-15(18)3/h5-8,13H,4,9-11H2,1-3H3,(H,25,29)(H,26,27,28). The number of rotatable bonds is 8. The zero-order chi connectivity index (χ0) is 22.4. The minimum absolute atomic E-state index is 0.0942. The van der Waals surface area contributed by atoms with Crippen LogP contribution in [0.25, 0.3) is 11.3 Å². The number of amides is 1. The predicted molar refractivity (Wildman–Crippen MR) is 122 cm³/mol. The number of benzene rings is 1. The normalized spacial score (nSPS) is 10.5. The van der Waals surface area contributed by atoms with Crippen molar-refractivity contribution in [2.75, 3.05) is 11.9 Å². The van der Waals surface area contributed by atoms with E-state index in [0.29, 0.717) is 29.4 Å². The molecular weight excluding hydrogens is 412 g/mol. The number of H-pyrrole nitrogens is 1. The van der Waals surface area contributed by atoms with Gasteiger partial charge in [0.15, 0.2) is 5.13 Å². The van der Waals surface area contributed by atoms with Gasteiger partial charge in [-0.15, -0.1) is 11.3 Å². The zero-order valence-electron chi connectivity index (χ0n) is 17.7. The van der Waals surface area contributed by atoms with Crippen LogP contribution in [0, 0.1) is 25.2 Å². The molecule has 1 aromatic carbocycles. The summed E-state index contributed by atoms with van der Waals surface area (Å²) in [4.78, 5) is 31.4. The maximum atomic E-state index is 12.4. The van der Waals surface area contributed by atoms with Crippen molar-refractivity contribution in [2.45, 2.75) is 40.0 Å². The van der Waals surface area contributed by atoms with Crippen molar-refractivity contribution in [3.63, 3.8) is 0 Å². The van der Waals surface area contributed by atoms with E-state index in [-0.39, 0.29) is 17.9 Å². The lowest BCUT2D eigenvalue weighted by Crippen LogP contribution is -2.18. The number of carbonyl (C=O) groups excluding carboxylic acids is 1. The maximum absolute atomic E-state index is 12.4. The number of ether oxygens (including phenoxy) is 1. The molecule has 3 aromatic rings. The fraction of sp³-hybridized carbons (Fsp3) is 0.304. The van der Waals surface area contributed by atoms with Gasteiger partial charge >= 0.3 is 0 Å². The van der Waals surface area contributed by atoms with Crippen LogP contribution in [-0.4, -0.2) is 22.5 Å². The summed E-state index contributed by atoms with van der Waals surface area (Å²) in [5.74, 6) is 0.648. The van der Waals surface area contributed by atoms with Gasteiger partial charge in [0.25, 0.3) is 5.56 Å². The minimum Gasteiger partial charge on any atom is -0.494 e. The van der Waals surface area contributed by atoms with E-state index in [1.165, 1.54) is 11.3 Å². The lowest BCUT2D eigenvalue weighted by molar-refractivity contribution is -0.116. The maximum Gasteiger partial charge on any atom is 0.266 e. The van der Waals surface area contributed by atoms with Gasteiger partial charge in [0.2, 0.25) is 5.91 Å². The van der Waals surface area contributed by atoms with E-state index >= 15 is 0 Å². The number of aromatic nitrogens is 2. The Kier molecular flexibility index (Phi) is 7.21. The highest BCUT2D eigenvalue weighted by Crippen LogP contribution is 2.27. The van der Waals surface area contributed by atoms with Gasteiger partial charge in [-0.25, -0.2) is 4.98 Å². The molecule has 160 valence electrons. The molecule has 0 aliphatic rings. The number of aryl methyl sites for hydroxylation is 1. The number of thiazole rings is 1. The summed E-state index contributed by atoms with van der Waals surface area (Å²) in [6.45, 7) is 6.25. The Balaban J connectivity index is 1.62. The molecule has 0 saturated heterocycles. The fourth-order valence-corrected chi connectivity index (χ4v) is 3.98. The van der Waals surface area contributed by atoms with Crippen LogP contribution in [0.5, 0.6) is 5.75 Å². The average Bonchev–Trinajstić information content (AvgIpc) is 3.21. The lowest BCUT2D eigenvalue weighted by atomic mass is 9.99. The minimum atomic E-state index is -0.397. The predicted octanol–water partition coefficient (Wildman–Crippen LogP) is 4.35. The second kappa shape index (κ2) is 10.0. The van der Waals surface area contributed by atoms with Crippen LogP contribution in [-0.2, 0) is 11.2 Å². The first-order chi connectivity index (χ1) is 14.9. The highest BCUT2D eigenvalue weighted by molar-refractivity contribution is 7.14. The van der Waals surface area contributed by atoms with E-state index in [1.54, 1.807) is 13.8 Å². The van der Waals surface area contributed by atoms with E-state index < -0.39 is 5.56 Å². The second-order valence-electron chi connectivity index (χ2n) is 7.13. The highest BCUT2D eigenvalue weighted by atomic mass is 32.1. The van der Waals surface area contributed by atoms with Gasteiger partial charge in [0.1, 0.15) is 17.4 Å². The number of nitrogens with zero attached hydrogens (tertiary/aromatic N) is 2. The third kappa shape index (κ3) is 5.38. The van der Waals surface area contributed by atoms with Crippen molar-refractivity contribution < 1.29 is 9.53 Å². The molecule has 0 bridgehead atoms. The third-order valence-electron chi connectivity index (χ3n) is 4.90. The first-order valence-corrected chi connectivity index (χ1v) is 10.9. The molecule has 0 spiro atoms. The molecule has 8 heteroatoms. The Morgan fingerprint density at radius 3 is 2.71 bits per heavy atom. The Morgan fingerprint density at radius 1 is 1.29 bits per heavy atom. The molecular formula is C23H24N4O3S. The highest BCUT2D eigenvalue weighted by Gasteiger charge is 2.14. The molecule has 0 radical (unpaired) electrons. The van der Waals surface area contributed by atoms with Crippen LogP contribution in [0.15, 0.2) is 34.4 Å². The zero-order valence-corrected chi connectivity index (χ0v) is 18.6. The van der Waals surface area contributed by atoms with Gasteiger partial charge in [-0.1, -0.05) is 6.92 Å². The molecule has 31 heavy (non-hydrogen) atoms. The summed E-state index contributed by atoms with van der Waals surface area (Å²) in [5, 5.41) is 14.4. The van der Waals surface area contributed by atoms with Gasteiger partial charge in [-0.2, -0.15) is 5.26 Å². The number of carbonyl (C=O) groups is 1. The van der Waals surface area contributed by atoms with Crippen LogP contribution in [0.4, 0.5) is 5.13 Å². The van der Waals surface area contributed by atoms with Crippen molar-refractivity contribution in [3.05, 3.63) is 62.4 Å². The summed E-state index contributed by atoms with van der Waals surface area (Å²) in [6.07, 6.45) is 1.60. The van der Waals surface area contributed by atoms with Gasteiger partial charge in [-0.3, -0.25) is 9.59 Å². The topological polar surface area (TPSA) is 108 Å². The molecule has 3 rings (SSSR count). The molecule has 0 unspecified atom stereocenters. The van der Waals surface area contributed by atoms with Gasteiger partial charge < -0.3 is 15.0 Å². The number of hydrogen-bond acceptors (Lipinski definition) is 6. The van der Waals surface area contributed by atoms with E-state index in [1.807, 2.05) is 35.7 Å². The molecule has 0 saturated carbocycles. The summed E-state index contributed by atoms with van der Waals surface area (Å²) in [7, 11) is 0. The first kappa shape index (κ1) is 22.2. The Bertz CT molecular complexity index is 1170. The quantitative estimate of drug-likeness (QED) is 0.546. The van der Waals surface area contributed by atoms with Crippen LogP contribution in [0.3, 0.4) is 0 Å². The molecule has 0 fully saturated rings. The van der Waals surface area contributed by atoms with Crippen LogP contribution in [0.2, 0.25) is 0 Å². The van der Waals surface area contributed by atoms with Gasteiger partial charge in [-0.05, 0) is 62.1 Å². The summed E-state index contributed by atoms with van der Waals surface area (Å²) < 4.78 is 5.59. The summed E-state index contributed by atoms with van der Waals surface area (Å²) in [5.41, 5.74) is 3.55. The van der Waals surface area contributed by atoms with Gasteiger partial charge in [0.05, 0.1) is 12.3 Å². The number of pyridine rings is 1. The number of aromatic amines is 1. The fourth-order valence-electron chi connectivity index (χ4n) is 3.25. The Hall–Kier alpha value is -3.44. The molecule has 0 aliphatic heterocycles. The smallest absolute Gasteiger partial charge is 0.266 e. The molecule has 7 nitrogen and oxygen atoms in total. The number of hydrogen-bond donors (Lipinski definition) is 2. The van der Waals surface area contributed by atoms with E-state index in [9.17, 15) is 14.9 Å². The van der Waals surface area contributed by atoms with E-state index in [4.69, 9.17) is 4.74 Å². The monoisotopic (exact) mass is 436 g/mol. The molecule has 2 heterocycles. The Morgan fingerprint density at radius 2 is 2.03 bits per heavy atom.